The first-order valence-electron chi connectivity index (χ1n) is 13.1. The quantitative estimate of drug-likeness (QED) is 0.100. The number of methoxy groups -OCH3 is 1. The molecule has 4 aromatic carbocycles. The maximum absolute atomic E-state index is 13.1. The molecule has 0 N–H and O–H groups in total. The maximum atomic E-state index is 13.1. The van der Waals surface area contributed by atoms with Crippen LogP contribution in [0.25, 0.3) is 16.8 Å². The van der Waals surface area contributed by atoms with Gasteiger partial charge in [0.1, 0.15) is 18.1 Å². The fourth-order valence-electron chi connectivity index (χ4n) is 4.32. The van der Waals surface area contributed by atoms with Gasteiger partial charge in [-0.2, -0.15) is 0 Å². The lowest BCUT2D eigenvalue weighted by molar-refractivity contribution is -0.123. The third-order valence-corrected chi connectivity index (χ3v) is 7.84. The van der Waals surface area contributed by atoms with Gasteiger partial charge in [-0.15, -0.1) is 0 Å². The molecule has 1 saturated heterocycles. The number of carbonyl (C=O) groups excluding carboxylic acids is 3. The molecule has 1 aliphatic rings. The third kappa shape index (κ3) is 6.45. The number of hydrogen-bond acceptors (Lipinski definition) is 8. The summed E-state index contributed by atoms with van der Waals surface area (Å²) < 4.78 is 22.9. The van der Waals surface area contributed by atoms with Gasteiger partial charge >= 0.3 is 5.97 Å². The van der Waals surface area contributed by atoms with Crippen molar-refractivity contribution in [3.63, 3.8) is 0 Å². The highest BCUT2D eigenvalue weighted by Gasteiger charge is 2.35. The zero-order valence-electron chi connectivity index (χ0n) is 22.8. The summed E-state index contributed by atoms with van der Waals surface area (Å²) in [6.07, 6.45) is 1.61. The molecule has 0 spiro atoms. The first kappa shape index (κ1) is 29.2. The highest BCUT2D eigenvalue weighted by molar-refractivity contribution is 9.10. The number of carbonyl (C=O) groups is 3. The van der Waals surface area contributed by atoms with Crippen LogP contribution in [0.4, 0.5) is 4.79 Å². The van der Waals surface area contributed by atoms with Crippen molar-refractivity contribution in [3.05, 3.63) is 99.4 Å². The van der Waals surface area contributed by atoms with Crippen LogP contribution < -0.4 is 18.9 Å². The molecule has 5 rings (SSSR count). The Morgan fingerprint density at radius 2 is 1.71 bits per heavy atom. The van der Waals surface area contributed by atoms with E-state index in [2.05, 4.69) is 15.9 Å². The molecule has 0 bridgehead atoms. The molecule has 1 aliphatic heterocycles. The van der Waals surface area contributed by atoms with E-state index in [0.717, 1.165) is 22.5 Å². The summed E-state index contributed by atoms with van der Waals surface area (Å²) in [5, 5.41) is 1.63. The SMILES string of the molecule is CCOc1cc(/C=C2\SC(=O)N(CCOc3cccc4ccccc34)C2=O)cc(Br)c1OC(=O)c1ccc(OC)cc1. The van der Waals surface area contributed by atoms with Crippen molar-refractivity contribution in [2.45, 2.75) is 6.92 Å². The van der Waals surface area contributed by atoms with Gasteiger partial charge < -0.3 is 18.9 Å². The van der Waals surface area contributed by atoms with Gasteiger partial charge in [0.15, 0.2) is 11.5 Å². The number of benzene rings is 4. The van der Waals surface area contributed by atoms with Crippen LogP contribution >= 0.6 is 27.7 Å². The van der Waals surface area contributed by atoms with Gasteiger partial charge in [0.2, 0.25) is 0 Å². The topological polar surface area (TPSA) is 91.4 Å². The first-order valence-corrected chi connectivity index (χ1v) is 14.7. The van der Waals surface area contributed by atoms with Crippen LogP contribution in [0.2, 0.25) is 0 Å². The highest BCUT2D eigenvalue weighted by Crippen LogP contribution is 2.40. The Labute approximate surface area is 255 Å². The van der Waals surface area contributed by atoms with Crippen LogP contribution in [0, 0.1) is 0 Å². The lowest BCUT2D eigenvalue weighted by atomic mass is 10.1. The normalized spacial score (nSPS) is 14.0. The molecule has 8 nitrogen and oxygen atoms in total. The van der Waals surface area contributed by atoms with E-state index in [-0.39, 0.29) is 29.0 Å². The minimum atomic E-state index is -0.570. The number of esters is 1. The number of imide groups is 1. The van der Waals surface area contributed by atoms with Gasteiger partial charge in [-0.25, -0.2) is 4.79 Å². The molecule has 0 aromatic heterocycles. The Balaban J connectivity index is 1.29. The zero-order valence-corrected chi connectivity index (χ0v) is 25.2. The van der Waals surface area contributed by atoms with Gasteiger partial charge in [-0.3, -0.25) is 14.5 Å². The summed E-state index contributed by atoms with van der Waals surface area (Å²) >= 11 is 4.32. The summed E-state index contributed by atoms with van der Waals surface area (Å²) in [7, 11) is 1.54. The summed E-state index contributed by atoms with van der Waals surface area (Å²) in [6.45, 7) is 2.39. The predicted octanol–water partition coefficient (Wildman–Crippen LogP) is 7.34. The van der Waals surface area contributed by atoms with Gasteiger partial charge in [0.25, 0.3) is 11.1 Å². The van der Waals surface area contributed by atoms with Crippen LogP contribution in [0.1, 0.15) is 22.8 Å². The second-order valence-corrected chi connectivity index (χ2v) is 10.9. The monoisotopic (exact) mass is 647 g/mol. The smallest absolute Gasteiger partial charge is 0.343 e. The van der Waals surface area contributed by atoms with E-state index in [1.165, 1.54) is 4.90 Å². The minimum absolute atomic E-state index is 0.110. The van der Waals surface area contributed by atoms with Crippen molar-refractivity contribution in [1.29, 1.82) is 0 Å². The van der Waals surface area contributed by atoms with Crippen molar-refractivity contribution in [2.24, 2.45) is 0 Å². The van der Waals surface area contributed by atoms with Crippen molar-refractivity contribution in [1.82, 2.24) is 4.90 Å². The van der Waals surface area contributed by atoms with Crippen molar-refractivity contribution in [2.75, 3.05) is 26.9 Å². The van der Waals surface area contributed by atoms with E-state index >= 15 is 0 Å². The average molecular weight is 649 g/mol. The molecule has 214 valence electrons. The van der Waals surface area contributed by atoms with Gasteiger partial charge in [0, 0.05) is 5.39 Å². The summed E-state index contributed by atoms with van der Waals surface area (Å²) in [5.41, 5.74) is 0.930. The van der Waals surface area contributed by atoms with Crippen LogP contribution in [-0.2, 0) is 4.79 Å². The number of rotatable bonds is 10. The Morgan fingerprint density at radius 3 is 2.48 bits per heavy atom. The molecule has 42 heavy (non-hydrogen) atoms. The van der Waals surface area contributed by atoms with E-state index in [1.807, 2.05) is 42.5 Å². The second kappa shape index (κ2) is 13.1. The number of amides is 2. The molecule has 4 aromatic rings. The van der Waals surface area contributed by atoms with E-state index in [0.29, 0.717) is 39.5 Å². The molecule has 0 aliphatic carbocycles. The summed E-state index contributed by atoms with van der Waals surface area (Å²) in [5.74, 6) is 0.844. The van der Waals surface area contributed by atoms with Crippen molar-refractivity contribution >= 4 is 61.7 Å². The largest absolute Gasteiger partial charge is 0.497 e. The molecule has 0 radical (unpaired) electrons. The van der Waals surface area contributed by atoms with Crippen LogP contribution in [-0.4, -0.2) is 48.9 Å². The van der Waals surface area contributed by atoms with Crippen LogP contribution in [0.5, 0.6) is 23.0 Å². The molecule has 1 fully saturated rings. The Bertz CT molecular complexity index is 1680. The van der Waals surface area contributed by atoms with Crippen LogP contribution in [0.3, 0.4) is 0 Å². The fraction of sp³-hybridized carbons (Fsp3) is 0.156. The third-order valence-electron chi connectivity index (χ3n) is 6.35. The van der Waals surface area contributed by atoms with Gasteiger partial charge in [-0.1, -0.05) is 36.4 Å². The Morgan fingerprint density at radius 1 is 0.952 bits per heavy atom. The highest BCUT2D eigenvalue weighted by atomic mass is 79.9. The molecule has 2 amide bonds. The maximum Gasteiger partial charge on any atom is 0.343 e. The number of ether oxygens (including phenoxy) is 4. The fourth-order valence-corrected chi connectivity index (χ4v) is 5.73. The molecular formula is C32H26BrNO7S. The molecule has 0 atom stereocenters. The number of nitrogens with zero attached hydrogens (tertiary/aromatic N) is 1. The minimum Gasteiger partial charge on any atom is -0.497 e. The molecule has 10 heteroatoms. The molecule has 0 unspecified atom stereocenters. The van der Waals surface area contributed by atoms with E-state index in [4.69, 9.17) is 18.9 Å². The standard InChI is InChI=1S/C32H26BrNO7S/c1-3-39-27-18-20(17-25(33)29(27)41-31(36)22-11-13-23(38-2)14-12-22)19-28-30(35)34(32(37)42-28)15-16-40-26-10-6-8-21-7-4-5-9-24(21)26/h4-14,17-19H,3,15-16H2,1-2H3/b28-19-. The van der Waals surface area contributed by atoms with Gasteiger partial charge in [-0.05, 0) is 94.1 Å². The Kier molecular flexibility index (Phi) is 9.14. The number of halogens is 1. The Hall–Kier alpha value is -4.28. The average Bonchev–Trinajstić information content (AvgIpc) is 3.26. The zero-order chi connectivity index (χ0) is 29.6. The lowest BCUT2D eigenvalue weighted by Crippen LogP contribution is -2.32. The predicted molar refractivity (Wildman–Crippen MR) is 165 cm³/mol. The number of thioether (sulfide) groups is 1. The molecule has 1 heterocycles. The van der Waals surface area contributed by atoms with Crippen molar-refractivity contribution in [3.8, 4) is 23.0 Å². The molecular weight excluding hydrogens is 622 g/mol. The van der Waals surface area contributed by atoms with E-state index in [1.54, 1.807) is 56.5 Å². The van der Waals surface area contributed by atoms with Gasteiger partial charge in [0.05, 0.1) is 35.2 Å². The van der Waals surface area contributed by atoms with E-state index in [9.17, 15) is 14.4 Å². The van der Waals surface area contributed by atoms with Crippen molar-refractivity contribution < 1.29 is 33.3 Å². The van der Waals surface area contributed by atoms with E-state index < -0.39 is 11.9 Å². The summed E-state index contributed by atoms with van der Waals surface area (Å²) in [6, 6.07) is 23.5. The van der Waals surface area contributed by atoms with Crippen LogP contribution in [0.15, 0.2) is 88.2 Å². The first-order chi connectivity index (χ1) is 20.4. The number of hydrogen-bond donors (Lipinski definition) is 0. The lowest BCUT2D eigenvalue weighted by Gasteiger charge is -2.14. The number of fused-ring (bicyclic) bond motifs is 1. The summed E-state index contributed by atoms with van der Waals surface area (Å²) in [4.78, 5) is 40.1. The second-order valence-electron chi connectivity index (χ2n) is 9.04. The molecule has 0 saturated carbocycles.